The Kier molecular flexibility index (Phi) is 2.58. The van der Waals surface area contributed by atoms with Crippen LogP contribution in [0.4, 0.5) is 5.82 Å². The molecule has 0 fully saturated rings. The number of nitrogens with zero attached hydrogens (tertiary/aromatic N) is 3. The number of pyridine rings is 1. The molecule has 0 amide bonds. The summed E-state index contributed by atoms with van der Waals surface area (Å²) >= 11 is 0. The first-order chi connectivity index (χ1) is 7.29. The molecule has 0 aliphatic rings. The van der Waals surface area contributed by atoms with Gasteiger partial charge in [-0.25, -0.2) is 9.97 Å². The van der Waals surface area contributed by atoms with Gasteiger partial charge in [0.25, 0.3) is 0 Å². The molecule has 1 N–H and O–H groups in total. The number of aryl methyl sites for hydroxylation is 1. The number of anilines is 1. The van der Waals surface area contributed by atoms with Crippen LogP contribution < -0.4 is 5.32 Å². The first-order valence-corrected chi connectivity index (χ1v) is 4.72. The fourth-order valence-electron chi connectivity index (χ4n) is 1.27. The lowest BCUT2D eigenvalue weighted by molar-refractivity contribution is 1.15. The Labute approximate surface area is 88.4 Å². The van der Waals surface area contributed by atoms with Crippen molar-refractivity contribution in [2.75, 3.05) is 12.4 Å². The molecule has 4 heteroatoms. The van der Waals surface area contributed by atoms with Crippen LogP contribution in [-0.2, 0) is 0 Å². The molecule has 0 radical (unpaired) electrons. The molecule has 0 saturated carbocycles. The summed E-state index contributed by atoms with van der Waals surface area (Å²) in [4.78, 5) is 12.5. The van der Waals surface area contributed by atoms with E-state index in [2.05, 4.69) is 20.3 Å². The quantitative estimate of drug-likeness (QED) is 0.804. The third-order valence-electron chi connectivity index (χ3n) is 2.13. The highest BCUT2D eigenvalue weighted by Gasteiger charge is 2.00. The summed E-state index contributed by atoms with van der Waals surface area (Å²) in [6.45, 7) is 1.96. The van der Waals surface area contributed by atoms with E-state index in [1.54, 1.807) is 6.33 Å². The largest absolute Gasteiger partial charge is 0.373 e. The topological polar surface area (TPSA) is 50.7 Å². The highest BCUT2D eigenvalue weighted by molar-refractivity contribution is 5.60. The average molecular weight is 200 g/mol. The van der Waals surface area contributed by atoms with E-state index in [0.29, 0.717) is 0 Å². The summed E-state index contributed by atoms with van der Waals surface area (Å²) in [6, 6.07) is 5.87. The maximum Gasteiger partial charge on any atom is 0.129 e. The molecular weight excluding hydrogens is 188 g/mol. The van der Waals surface area contributed by atoms with Crippen molar-refractivity contribution in [3.05, 3.63) is 36.4 Å². The number of rotatable bonds is 2. The first-order valence-electron chi connectivity index (χ1n) is 4.72. The maximum absolute atomic E-state index is 4.23. The van der Waals surface area contributed by atoms with Crippen LogP contribution in [0.1, 0.15) is 5.69 Å². The Morgan fingerprint density at radius 1 is 1.13 bits per heavy atom. The van der Waals surface area contributed by atoms with E-state index >= 15 is 0 Å². The normalized spacial score (nSPS) is 10.0. The Hall–Kier alpha value is -1.97. The van der Waals surface area contributed by atoms with Gasteiger partial charge in [0.15, 0.2) is 0 Å². The van der Waals surface area contributed by atoms with Crippen molar-refractivity contribution in [3.63, 3.8) is 0 Å². The fraction of sp³-hybridized carbons (Fsp3) is 0.182. The summed E-state index contributed by atoms with van der Waals surface area (Å²) in [5.41, 5.74) is 2.88. The van der Waals surface area contributed by atoms with Gasteiger partial charge in [0.05, 0.1) is 5.69 Å². The van der Waals surface area contributed by atoms with Gasteiger partial charge in [-0.2, -0.15) is 0 Å². The average Bonchev–Trinajstić information content (AvgIpc) is 2.30. The van der Waals surface area contributed by atoms with E-state index in [1.165, 1.54) is 0 Å². The molecule has 0 aromatic carbocycles. The smallest absolute Gasteiger partial charge is 0.129 e. The molecule has 0 atom stereocenters. The Morgan fingerprint density at radius 3 is 2.67 bits per heavy atom. The summed E-state index contributed by atoms with van der Waals surface area (Å²) in [5.74, 6) is 0.806. The molecule has 0 aliphatic heterocycles. The molecular formula is C11H12N4. The SMILES string of the molecule is CNc1cc(-c2ccc(C)nc2)ncn1. The van der Waals surface area contributed by atoms with Crippen LogP contribution in [0.5, 0.6) is 0 Å². The van der Waals surface area contributed by atoms with E-state index in [0.717, 1.165) is 22.8 Å². The minimum atomic E-state index is 0.806. The molecule has 76 valence electrons. The van der Waals surface area contributed by atoms with Crippen molar-refractivity contribution in [2.24, 2.45) is 0 Å². The van der Waals surface area contributed by atoms with Crippen molar-refractivity contribution in [1.29, 1.82) is 0 Å². The van der Waals surface area contributed by atoms with Crippen molar-refractivity contribution in [1.82, 2.24) is 15.0 Å². The van der Waals surface area contributed by atoms with Crippen LogP contribution in [-0.4, -0.2) is 22.0 Å². The number of hydrogen-bond donors (Lipinski definition) is 1. The highest BCUT2D eigenvalue weighted by Crippen LogP contribution is 2.17. The summed E-state index contributed by atoms with van der Waals surface area (Å²) in [5, 5.41) is 2.98. The molecule has 2 heterocycles. The highest BCUT2D eigenvalue weighted by atomic mass is 15.0. The molecule has 0 spiro atoms. The van der Waals surface area contributed by atoms with E-state index in [4.69, 9.17) is 0 Å². The Morgan fingerprint density at radius 2 is 2.00 bits per heavy atom. The van der Waals surface area contributed by atoms with Crippen molar-refractivity contribution < 1.29 is 0 Å². The van der Waals surface area contributed by atoms with Gasteiger partial charge in [0, 0.05) is 30.6 Å². The molecule has 4 nitrogen and oxygen atoms in total. The summed E-state index contributed by atoms with van der Waals surface area (Å²) in [6.07, 6.45) is 3.36. The fourth-order valence-corrected chi connectivity index (χ4v) is 1.27. The van der Waals surface area contributed by atoms with Gasteiger partial charge >= 0.3 is 0 Å². The van der Waals surface area contributed by atoms with Gasteiger partial charge in [-0.3, -0.25) is 4.98 Å². The third kappa shape index (κ3) is 2.10. The lowest BCUT2D eigenvalue weighted by atomic mass is 10.2. The van der Waals surface area contributed by atoms with Gasteiger partial charge in [-0.1, -0.05) is 0 Å². The van der Waals surface area contributed by atoms with E-state index < -0.39 is 0 Å². The lowest BCUT2D eigenvalue weighted by Gasteiger charge is -2.02. The zero-order valence-corrected chi connectivity index (χ0v) is 8.73. The second kappa shape index (κ2) is 4.04. The van der Waals surface area contributed by atoms with Crippen LogP contribution in [0.2, 0.25) is 0 Å². The van der Waals surface area contributed by atoms with Crippen LogP contribution >= 0.6 is 0 Å². The van der Waals surface area contributed by atoms with Gasteiger partial charge in [0.2, 0.25) is 0 Å². The van der Waals surface area contributed by atoms with Crippen molar-refractivity contribution in [3.8, 4) is 11.3 Å². The Balaban J connectivity index is 2.40. The van der Waals surface area contributed by atoms with Gasteiger partial charge in [0.1, 0.15) is 12.1 Å². The van der Waals surface area contributed by atoms with E-state index in [9.17, 15) is 0 Å². The van der Waals surface area contributed by atoms with E-state index in [1.807, 2.05) is 38.4 Å². The van der Waals surface area contributed by atoms with Crippen LogP contribution in [0.15, 0.2) is 30.7 Å². The number of aromatic nitrogens is 3. The van der Waals surface area contributed by atoms with Gasteiger partial charge < -0.3 is 5.32 Å². The zero-order valence-electron chi connectivity index (χ0n) is 8.73. The standard InChI is InChI=1S/C11H12N4/c1-8-3-4-9(6-13-8)10-5-11(12-2)15-7-14-10/h3-7H,1-2H3,(H,12,14,15). The Bertz CT molecular complexity index is 450. The molecule has 0 unspecified atom stereocenters. The monoisotopic (exact) mass is 200 g/mol. The number of hydrogen-bond acceptors (Lipinski definition) is 4. The van der Waals surface area contributed by atoms with Gasteiger partial charge in [-0.15, -0.1) is 0 Å². The molecule has 2 aromatic rings. The minimum absolute atomic E-state index is 0.806. The second-order valence-electron chi connectivity index (χ2n) is 3.23. The van der Waals surface area contributed by atoms with Crippen molar-refractivity contribution >= 4 is 5.82 Å². The predicted molar refractivity (Wildman–Crippen MR) is 59.5 cm³/mol. The van der Waals surface area contributed by atoms with E-state index in [-0.39, 0.29) is 0 Å². The molecule has 0 bridgehead atoms. The summed E-state index contributed by atoms with van der Waals surface area (Å²) < 4.78 is 0. The second-order valence-corrected chi connectivity index (χ2v) is 3.23. The first kappa shape index (κ1) is 9.58. The summed E-state index contributed by atoms with van der Waals surface area (Å²) in [7, 11) is 1.83. The van der Waals surface area contributed by atoms with Crippen LogP contribution in [0.3, 0.4) is 0 Å². The van der Waals surface area contributed by atoms with Crippen LogP contribution in [0, 0.1) is 6.92 Å². The molecule has 0 saturated heterocycles. The lowest BCUT2D eigenvalue weighted by Crippen LogP contribution is -1.94. The van der Waals surface area contributed by atoms with Gasteiger partial charge in [-0.05, 0) is 19.1 Å². The maximum atomic E-state index is 4.23. The molecule has 2 aromatic heterocycles. The third-order valence-corrected chi connectivity index (χ3v) is 2.13. The molecule has 0 aliphatic carbocycles. The minimum Gasteiger partial charge on any atom is -0.373 e. The zero-order chi connectivity index (χ0) is 10.7. The predicted octanol–water partition coefficient (Wildman–Crippen LogP) is 1.89. The number of nitrogens with one attached hydrogen (secondary N) is 1. The molecule has 2 rings (SSSR count). The van der Waals surface area contributed by atoms with Crippen LogP contribution in [0.25, 0.3) is 11.3 Å². The molecule has 15 heavy (non-hydrogen) atoms. The van der Waals surface area contributed by atoms with Crippen molar-refractivity contribution in [2.45, 2.75) is 6.92 Å².